The van der Waals surface area contributed by atoms with Gasteiger partial charge in [0, 0.05) is 0 Å². The highest BCUT2D eigenvalue weighted by molar-refractivity contribution is 7.92. The Hall–Kier alpha value is -1.92. The first-order valence-electron chi connectivity index (χ1n) is 5.92. The summed E-state index contributed by atoms with van der Waals surface area (Å²) in [6.45, 7) is 1.34. The highest BCUT2D eigenvalue weighted by Crippen LogP contribution is 2.23. The number of hydrogen-bond acceptors (Lipinski definition) is 3. The van der Waals surface area contributed by atoms with Crippen molar-refractivity contribution in [2.75, 3.05) is 4.72 Å². The molecule has 2 aromatic carbocycles. The van der Waals surface area contributed by atoms with Crippen molar-refractivity contribution in [1.29, 1.82) is 0 Å². The number of hydrogen-bond donors (Lipinski definition) is 2. The van der Waals surface area contributed by atoms with E-state index in [9.17, 15) is 12.8 Å². The van der Waals surface area contributed by atoms with E-state index in [0.717, 1.165) is 0 Å². The predicted molar refractivity (Wildman–Crippen MR) is 74.3 cm³/mol. The van der Waals surface area contributed by atoms with Crippen molar-refractivity contribution in [3.63, 3.8) is 0 Å². The number of benzene rings is 2. The highest BCUT2D eigenvalue weighted by atomic mass is 32.2. The number of nitrogens with one attached hydrogen (secondary N) is 1. The van der Waals surface area contributed by atoms with Gasteiger partial charge in [0.1, 0.15) is 5.82 Å². The molecule has 0 saturated carbocycles. The molecule has 4 nitrogen and oxygen atoms in total. The molecule has 0 heterocycles. The molecule has 0 unspecified atom stereocenters. The lowest BCUT2D eigenvalue weighted by Gasteiger charge is -2.12. The second kappa shape index (κ2) is 5.60. The van der Waals surface area contributed by atoms with Crippen LogP contribution >= 0.6 is 0 Å². The van der Waals surface area contributed by atoms with Crippen LogP contribution in [0.3, 0.4) is 0 Å². The minimum atomic E-state index is -3.90. The van der Waals surface area contributed by atoms with Gasteiger partial charge in [-0.15, -0.1) is 0 Å². The van der Waals surface area contributed by atoms with Gasteiger partial charge in [0.25, 0.3) is 10.0 Å². The lowest BCUT2D eigenvalue weighted by Crippen LogP contribution is -2.15. The number of sulfonamides is 1. The second-order valence-electron chi connectivity index (χ2n) is 4.28. The van der Waals surface area contributed by atoms with Gasteiger partial charge >= 0.3 is 0 Å². The summed E-state index contributed by atoms with van der Waals surface area (Å²) in [6, 6.07) is 10.1. The molecule has 0 saturated heterocycles. The molecule has 6 heteroatoms. The molecule has 0 fully saturated rings. The van der Waals surface area contributed by atoms with Gasteiger partial charge in [0.15, 0.2) is 0 Å². The van der Waals surface area contributed by atoms with Gasteiger partial charge in [0.2, 0.25) is 0 Å². The Morgan fingerprint density at radius 3 is 2.50 bits per heavy atom. The van der Waals surface area contributed by atoms with Crippen LogP contribution in [-0.2, 0) is 16.6 Å². The Bertz CT molecular complexity index is 729. The summed E-state index contributed by atoms with van der Waals surface area (Å²) < 4.78 is 40.3. The Kier molecular flexibility index (Phi) is 4.06. The highest BCUT2D eigenvalue weighted by Gasteiger charge is 2.19. The zero-order valence-corrected chi connectivity index (χ0v) is 11.6. The average Bonchev–Trinajstić information content (AvgIpc) is 2.41. The summed E-state index contributed by atoms with van der Waals surface area (Å²) in [7, 11) is -3.90. The minimum Gasteiger partial charge on any atom is -0.392 e. The van der Waals surface area contributed by atoms with E-state index in [2.05, 4.69) is 4.72 Å². The standard InChI is InChI=1S/C14H14FNO3S/c1-10-11(9-17)5-4-8-14(10)20(18,19)16-13-7-3-2-6-12(13)15/h2-8,16-17H,9H2,1H3. The Morgan fingerprint density at radius 2 is 1.85 bits per heavy atom. The lowest BCUT2D eigenvalue weighted by molar-refractivity contribution is 0.280. The van der Waals surface area contributed by atoms with E-state index in [1.54, 1.807) is 13.0 Å². The van der Waals surface area contributed by atoms with Crippen LogP contribution in [0.15, 0.2) is 47.4 Å². The summed E-state index contributed by atoms with van der Waals surface area (Å²) in [4.78, 5) is 0.0207. The lowest BCUT2D eigenvalue weighted by atomic mass is 10.1. The van der Waals surface area contributed by atoms with Crippen molar-refractivity contribution in [2.24, 2.45) is 0 Å². The molecule has 0 spiro atoms. The van der Waals surface area contributed by atoms with Gasteiger partial charge in [-0.2, -0.15) is 0 Å². The van der Waals surface area contributed by atoms with E-state index in [-0.39, 0.29) is 17.2 Å². The van der Waals surface area contributed by atoms with Crippen LogP contribution in [0.1, 0.15) is 11.1 Å². The topological polar surface area (TPSA) is 66.4 Å². The molecule has 0 aliphatic carbocycles. The van der Waals surface area contributed by atoms with Crippen molar-refractivity contribution in [3.05, 3.63) is 59.4 Å². The van der Waals surface area contributed by atoms with Gasteiger partial charge in [-0.1, -0.05) is 24.3 Å². The maximum Gasteiger partial charge on any atom is 0.262 e. The maximum atomic E-state index is 13.5. The average molecular weight is 295 g/mol. The Morgan fingerprint density at radius 1 is 1.15 bits per heavy atom. The normalized spacial score (nSPS) is 11.3. The third-order valence-corrected chi connectivity index (χ3v) is 4.48. The number of rotatable bonds is 4. The SMILES string of the molecule is Cc1c(CO)cccc1S(=O)(=O)Nc1ccccc1F. The van der Waals surface area contributed by atoms with Crippen molar-refractivity contribution in [1.82, 2.24) is 0 Å². The molecule has 2 rings (SSSR count). The zero-order chi connectivity index (χ0) is 14.8. The summed E-state index contributed by atoms with van der Waals surface area (Å²) in [5.41, 5.74) is 0.849. The van der Waals surface area contributed by atoms with Crippen LogP contribution in [0.4, 0.5) is 10.1 Å². The molecular weight excluding hydrogens is 281 g/mol. The fourth-order valence-electron chi connectivity index (χ4n) is 1.87. The van der Waals surface area contributed by atoms with E-state index < -0.39 is 15.8 Å². The summed E-state index contributed by atoms with van der Waals surface area (Å²) in [5, 5.41) is 9.17. The summed E-state index contributed by atoms with van der Waals surface area (Å²) in [6.07, 6.45) is 0. The minimum absolute atomic E-state index is 0.0207. The molecule has 0 aromatic heterocycles. The first kappa shape index (κ1) is 14.5. The van der Waals surface area contributed by atoms with Crippen molar-refractivity contribution in [2.45, 2.75) is 18.4 Å². The van der Waals surface area contributed by atoms with Gasteiger partial charge in [-0.3, -0.25) is 4.72 Å². The van der Waals surface area contributed by atoms with Gasteiger partial charge in [-0.05, 0) is 36.2 Å². The fourth-order valence-corrected chi connectivity index (χ4v) is 3.22. The number of anilines is 1. The number of aliphatic hydroxyl groups excluding tert-OH is 1. The molecule has 20 heavy (non-hydrogen) atoms. The molecular formula is C14H14FNO3S. The monoisotopic (exact) mass is 295 g/mol. The van der Waals surface area contributed by atoms with E-state index in [1.165, 1.54) is 36.4 Å². The fraction of sp³-hybridized carbons (Fsp3) is 0.143. The predicted octanol–water partition coefficient (Wildman–Crippen LogP) is 2.43. The Labute approximate surface area is 116 Å². The van der Waals surface area contributed by atoms with Crippen LogP contribution in [-0.4, -0.2) is 13.5 Å². The smallest absolute Gasteiger partial charge is 0.262 e. The molecule has 0 aliphatic heterocycles. The summed E-state index contributed by atoms with van der Waals surface area (Å²) in [5.74, 6) is -0.646. The van der Waals surface area contributed by atoms with Crippen molar-refractivity contribution >= 4 is 15.7 Å². The third-order valence-electron chi connectivity index (χ3n) is 2.97. The first-order chi connectivity index (χ1) is 9.45. The maximum absolute atomic E-state index is 13.5. The Balaban J connectivity index is 2.44. The summed E-state index contributed by atoms with van der Waals surface area (Å²) >= 11 is 0. The van der Waals surface area contributed by atoms with Crippen LogP contribution < -0.4 is 4.72 Å². The largest absolute Gasteiger partial charge is 0.392 e. The number of para-hydroxylation sites is 1. The van der Waals surface area contributed by atoms with Gasteiger partial charge in [0.05, 0.1) is 17.2 Å². The third kappa shape index (κ3) is 2.81. The molecule has 2 N–H and O–H groups in total. The molecule has 0 radical (unpaired) electrons. The van der Waals surface area contributed by atoms with Crippen LogP contribution in [0, 0.1) is 12.7 Å². The van der Waals surface area contributed by atoms with Crippen LogP contribution in [0.2, 0.25) is 0 Å². The molecule has 0 amide bonds. The molecule has 106 valence electrons. The molecule has 2 aromatic rings. The van der Waals surface area contributed by atoms with Gasteiger partial charge < -0.3 is 5.11 Å². The quantitative estimate of drug-likeness (QED) is 0.910. The van der Waals surface area contributed by atoms with Crippen molar-refractivity contribution in [3.8, 4) is 0 Å². The number of halogens is 1. The van der Waals surface area contributed by atoms with E-state index in [4.69, 9.17) is 5.11 Å². The molecule has 0 aliphatic rings. The van der Waals surface area contributed by atoms with Crippen molar-refractivity contribution < 1.29 is 17.9 Å². The zero-order valence-electron chi connectivity index (χ0n) is 10.8. The van der Waals surface area contributed by atoms with Gasteiger partial charge in [-0.25, -0.2) is 12.8 Å². The van der Waals surface area contributed by atoms with E-state index >= 15 is 0 Å². The van der Waals surface area contributed by atoms with Crippen LogP contribution in [0.5, 0.6) is 0 Å². The number of aliphatic hydroxyl groups is 1. The first-order valence-corrected chi connectivity index (χ1v) is 7.40. The van der Waals surface area contributed by atoms with E-state index in [0.29, 0.717) is 11.1 Å². The van der Waals surface area contributed by atoms with Crippen LogP contribution in [0.25, 0.3) is 0 Å². The second-order valence-corrected chi connectivity index (χ2v) is 5.93. The molecule has 0 atom stereocenters. The molecule has 0 bridgehead atoms. The van der Waals surface area contributed by atoms with E-state index in [1.807, 2.05) is 0 Å².